The van der Waals surface area contributed by atoms with Crippen molar-refractivity contribution in [1.29, 1.82) is 0 Å². The minimum atomic E-state index is -0.0722. The van der Waals surface area contributed by atoms with E-state index in [0.717, 1.165) is 43.8 Å². The summed E-state index contributed by atoms with van der Waals surface area (Å²) >= 11 is 0. The van der Waals surface area contributed by atoms with Crippen LogP contribution in [0.1, 0.15) is 19.3 Å². The molecule has 23 heavy (non-hydrogen) atoms. The molecule has 1 aromatic rings. The molecule has 0 aliphatic carbocycles. The summed E-state index contributed by atoms with van der Waals surface area (Å²) < 4.78 is 5.68. The second-order valence-electron chi connectivity index (χ2n) is 5.67. The normalized spacial score (nSPS) is 16.9. The fourth-order valence-electron chi connectivity index (χ4n) is 2.31. The van der Waals surface area contributed by atoms with Gasteiger partial charge < -0.3 is 20.3 Å². The van der Waals surface area contributed by atoms with E-state index in [9.17, 15) is 4.79 Å². The Morgan fingerprint density at radius 3 is 2.78 bits per heavy atom. The number of anilines is 1. The number of hydrogen-bond donors (Lipinski definition) is 2. The maximum absolute atomic E-state index is 12.2. The third-order valence-corrected chi connectivity index (χ3v) is 3.54. The molecule has 1 aliphatic heterocycles. The number of carbonyl (C=O) groups excluding carboxylic acids is 1. The van der Waals surface area contributed by atoms with Gasteiger partial charge in [-0.05, 0) is 45.6 Å². The molecule has 0 bridgehead atoms. The molecule has 2 rings (SSSR count). The van der Waals surface area contributed by atoms with Crippen molar-refractivity contribution < 1.29 is 9.53 Å². The number of amides is 1. The third kappa shape index (κ3) is 7.88. The van der Waals surface area contributed by atoms with Gasteiger partial charge in [-0.2, -0.15) is 0 Å². The van der Waals surface area contributed by atoms with Gasteiger partial charge in [0.1, 0.15) is 12.4 Å². The molecular weight excluding hydrogens is 337 g/mol. The molecule has 2 N–H and O–H groups in total. The number of carbonyl (C=O) groups is 1. The zero-order chi connectivity index (χ0) is 15.1. The van der Waals surface area contributed by atoms with Crippen molar-refractivity contribution in [2.45, 2.75) is 25.3 Å². The third-order valence-electron chi connectivity index (χ3n) is 3.54. The number of piperidine rings is 1. The summed E-state index contributed by atoms with van der Waals surface area (Å²) in [4.78, 5) is 14.2. The van der Waals surface area contributed by atoms with Gasteiger partial charge in [-0.15, -0.1) is 24.8 Å². The fraction of sp³-hybridized carbons (Fsp3) is 0.562. The first-order valence-corrected chi connectivity index (χ1v) is 7.57. The second kappa shape index (κ2) is 11.5. The lowest BCUT2D eigenvalue weighted by Gasteiger charge is -2.22. The van der Waals surface area contributed by atoms with Gasteiger partial charge in [-0.3, -0.25) is 4.79 Å². The highest BCUT2D eigenvalue weighted by molar-refractivity contribution is 5.95. The minimum Gasteiger partial charge on any atom is -0.492 e. The number of halogens is 2. The monoisotopic (exact) mass is 363 g/mol. The molecule has 0 unspecified atom stereocenters. The Balaban J connectivity index is 0.00000242. The van der Waals surface area contributed by atoms with E-state index in [2.05, 4.69) is 15.5 Å². The number of nitrogens with one attached hydrogen (secondary N) is 2. The number of nitrogens with zero attached hydrogens (tertiary/aromatic N) is 1. The molecule has 0 aromatic heterocycles. The van der Waals surface area contributed by atoms with Crippen LogP contribution in [0.2, 0.25) is 0 Å². The molecule has 0 spiro atoms. The van der Waals surface area contributed by atoms with Crippen molar-refractivity contribution in [3.63, 3.8) is 0 Å². The van der Waals surface area contributed by atoms with Crippen LogP contribution in [-0.2, 0) is 4.79 Å². The highest BCUT2D eigenvalue weighted by atomic mass is 35.5. The minimum absolute atomic E-state index is 0. The molecular formula is C16H27Cl2N3O2. The lowest BCUT2D eigenvalue weighted by Crippen LogP contribution is -2.43. The van der Waals surface area contributed by atoms with Gasteiger partial charge >= 0.3 is 0 Å². The highest BCUT2D eigenvalue weighted by Gasteiger charge is 2.20. The van der Waals surface area contributed by atoms with Crippen molar-refractivity contribution in [2.75, 3.05) is 39.1 Å². The summed E-state index contributed by atoms with van der Waals surface area (Å²) in [5.74, 6) is 0.825. The highest BCUT2D eigenvalue weighted by Crippen LogP contribution is 2.18. The average Bonchev–Trinajstić information content (AvgIpc) is 2.48. The van der Waals surface area contributed by atoms with Crippen LogP contribution in [0.25, 0.3) is 0 Å². The summed E-state index contributed by atoms with van der Waals surface area (Å²) in [7, 11) is 4.02. The van der Waals surface area contributed by atoms with Gasteiger partial charge in [0.05, 0.1) is 6.04 Å². The van der Waals surface area contributed by atoms with Crippen LogP contribution in [0, 0.1) is 0 Å². The molecule has 1 amide bonds. The lowest BCUT2D eigenvalue weighted by atomic mass is 10.0. The van der Waals surface area contributed by atoms with E-state index >= 15 is 0 Å². The van der Waals surface area contributed by atoms with Crippen molar-refractivity contribution in [1.82, 2.24) is 10.2 Å². The van der Waals surface area contributed by atoms with Crippen molar-refractivity contribution >= 4 is 36.4 Å². The Morgan fingerprint density at radius 1 is 1.35 bits per heavy atom. The van der Waals surface area contributed by atoms with Crippen LogP contribution in [0.5, 0.6) is 5.75 Å². The number of likely N-dealkylation sites (N-methyl/N-ethyl adjacent to an activating group) is 1. The molecule has 0 saturated carbocycles. The molecule has 5 nitrogen and oxygen atoms in total. The summed E-state index contributed by atoms with van der Waals surface area (Å²) in [6.45, 7) is 2.42. The van der Waals surface area contributed by atoms with E-state index in [1.807, 2.05) is 38.4 Å². The van der Waals surface area contributed by atoms with E-state index in [1.165, 1.54) is 0 Å². The van der Waals surface area contributed by atoms with E-state index in [4.69, 9.17) is 4.74 Å². The summed E-state index contributed by atoms with van der Waals surface area (Å²) in [5, 5.41) is 6.21. The Labute approximate surface area is 151 Å². The van der Waals surface area contributed by atoms with E-state index in [-0.39, 0.29) is 36.8 Å². The van der Waals surface area contributed by atoms with Crippen LogP contribution < -0.4 is 15.4 Å². The van der Waals surface area contributed by atoms with Gasteiger partial charge in [0.15, 0.2) is 0 Å². The summed E-state index contributed by atoms with van der Waals surface area (Å²) in [5.41, 5.74) is 0.787. The van der Waals surface area contributed by atoms with Crippen molar-refractivity contribution in [3.05, 3.63) is 24.3 Å². The Hall–Kier alpha value is -1.01. The SMILES string of the molecule is CN(C)CCOc1cccc(NC(=O)[C@H]2CCCCN2)c1.Cl.Cl. The van der Waals surface area contributed by atoms with Crippen LogP contribution in [0.3, 0.4) is 0 Å². The zero-order valence-corrected chi connectivity index (χ0v) is 15.3. The number of ether oxygens (including phenoxy) is 1. The second-order valence-corrected chi connectivity index (χ2v) is 5.67. The first-order chi connectivity index (χ1) is 10.1. The van der Waals surface area contributed by atoms with Crippen LogP contribution in [0.15, 0.2) is 24.3 Å². The fourth-order valence-corrected chi connectivity index (χ4v) is 2.31. The summed E-state index contributed by atoms with van der Waals surface area (Å²) in [6.07, 6.45) is 3.17. The molecule has 1 heterocycles. The maximum atomic E-state index is 12.2. The standard InChI is InChI=1S/C16H25N3O2.2ClH/c1-19(2)10-11-21-14-7-5-6-13(12-14)18-16(20)15-8-3-4-9-17-15;;/h5-7,12,15,17H,3-4,8-11H2,1-2H3,(H,18,20);2*1H/t15-;;/m1../s1. The van der Waals surface area contributed by atoms with Gasteiger partial charge in [-0.1, -0.05) is 12.5 Å². The predicted molar refractivity (Wildman–Crippen MR) is 99.3 cm³/mol. The molecule has 1 aliphatic rings. The predicted octanol–water partition coefficient (Wildman–Crippen LogP) is 2.55. The van der Waals surface area contributed by atoms with E-state index in [1.54, 1.807) is 0 Å². The molecule has 1 aromatic carbocycles. The van der Waals surface area contributed by atoms with Crippen molar-refractivity contribution in [3.8, 4) is 5.75 Å². The maximum Gasteiger partial charge on any atom is 0.241 e. The Bertz CT molecular complexity index is 466. The number of benzene rings is 1. The average molecular weight is 364 g/mol. The smallest absolute Gasteiger partial charge is 0.241 e. The quantitative estimate of drug-likeness (QED) is 0.815. The van der Waals surface area contributed by atoms with E-state index < -0.39 is 0 Å². The van der Waals surface area contributed by atoms with E-state index in [0.29, 0.717) is 6.61 Å². The van der Waals surface area contributed by atoms with Gasteiger partial charge in [-0.25, -0.2) is 0 Å². The van der Waals surface area contributed by atoms with Gasteiger partial charge in [0, 0.05) is 18.3 Å². The number of rotatable bonds is 6. The topological polar surface area (TPSA) is 53.6 Å². The Kier molecular flexibility index (Phi) is 11.0. The molecule has 1 atom stereocenters. The van der Waals surface area contributed by atoms with Gasteiger partial charge in [0.25, 0.3) is 0 Å². The lowest BCUT2D eigenvalue weighted by molar-refractivity contribution is -0.118. The van der Waals surface area contributed by atoms with Crippen LogP contribution >= 0.6 is 24.8 Å². The Morgan fingerprint density at radius 2 is 2.13 bits per heavy atom. The van der Waals surface area contributed by atoms with Crippen molar-refractivity contribution in [2.24, 2.45) is 0 Å². The first-order valence-electron chi connectivity index (χ1n) is 7.57. The molecule has 1 fully saturated rings. The molecule has 132 valence electrons. The van der Waals surface area contributed by atoms with Gasteiger partial charge in [0.2, 0.25) is 5.91 Å². The summed E-state index contributed by atoms with van der Waals surface area (Å²) in [6, 6.07) is 7.49. The number of hydrogen-bond acceptors (Lipinski definition) is 4. The molecule has 7 heteroatoms. The first kappa shape index (κ1) is 22.0. The van der Waals surface area contributed by atoms with Crippen LogP contribution in [-0.4, -0.2) is 50.6 Å². The largest absolute Gasteiger partial charge is 0.492 e. The molecule has 1 saturated heterocycles. The van der Waals surface area contributed by atoms with Crippen LogP contribution in [0.4, 0.5) is 5.69 Å². The molecule has 0 radical (unpaired) electrons. The zero-order valence-electron chi connectivity index (χ0n) is 13.7.